The summed E-state index contributed by atoms with van der Waals surface area (Å²) in [6, 6.07) is 0. The van der Waals surface area contributed by atoms with Crippen LogP contribution in [0, 0.1) is 0 Å². The average molecular weight is 455 g/mol. The molecule has 0 saturated carbocycles. The van der Waals surface area contributed by atoms with Gasteiger partial charge in [0.25, 0.3) is 0 Å². The highest BCUT2D eigenvalue weighted by Gasteiger charge is 2.04. The van der Waals surface area contributed by atoms with Crippen molar-refractivity contribution < 1.29 is 10.2 Å². The molecule has 32 heavy (non-hydrogen) atoms. The van der Waals surface area contributed by atoms with Gasteiger partial charge in [0.05, 0.1) is 6.10 Å². The fraction of sp³-hybridized carbons (Fsp3) is 1.00. The van der Waals surface area contributed by atoms with Crippen LogP contribution < -0.4 is 0 Å². The maximum absolute atomic E-state index is 10.2. The van der Waals surface area contributed by atoms with E-state index < -0.39 is 0 Å². The Kier molecular flexibility index (Phi) is 28.9. The lowest BCUT2D eigenvalue weighted by molar-refractivity contribution is 0.147. The Balaban J connectivity index is 3.13. The van der Waals surface area contributed by atoms with Gasteiger partial charge in [0.1, 0.15) is 0 Å². The molecule has 0 aromatic rings. The molecule has 0 rings (SSSR count). The quantitative estimate of drug-likeness (QED) is 0.115. The molecule has 0 bridgehead atoms. The van der Waals surface area contributed by atoms with Crippen molar-refractivity contribution in [2.24, 2.45) is 0 Å². The van der Waals surface area contributed by atoms with Gasteiger partial charge in [0, 0.05) is 6.61 Å². The molecule has 0 aliphatic carbocycles. The molecule has 2 nitrogen and oxygen atoms in total. The van der Waals surface area contributed by atoms with Crippen LogP contribution in [0.15, 0.2) is 0 Å². The average Bonchev–Trinajstić information content (AvgIpc) is 2.80. The zero-order valence-electron chi connectivity index (χ0n) is 22.3. The van der Waals surface area contributed by atoms with Crippen molar-refractivity contribution in [3.63, 3.8) is 0 Å². The van der Waals surface area contributed by atoms with Gasteiger partial charge in [-0.05, 0) is 19.3 Å². The molecule has 0 aromatic heterocycles. The zero-order chi connectivity index (χ0) is 23.4. The van der Waals surface area contributed by atoms with Crippen LogP contribution in [0.2, 0.25) is 0 Å². The highest BCUT2D eigenvalue weighted by atomic mass is 16.3. The molecular weight excluding hydrogens is 392 g/mol. The Morgan fingerprint density at radius 3 is 0.906 bits per heavy atom. The second kappa shape index (κ2) is 29.0. The first-order chi connectivity index (χ1) is 15.8. The topological polar surface area (TPSA) is 40.5 Å². The van der Waals surface area contributed by atoms with Gasteiger partial charge in [-0.1, -0.05) is 161 Å². The molecule has 194 valence electrons. The van der Waals surface area contributed by atoms with Crippen LogP contribution >= 0.6 is 0 Å². The Bertz CT molecular complexity index is 288. The number of hydrogen-bond donors (Lipinski definition) is 2. The van der Waals surface area contributed by atoms with Gasteiger partial charge in [-0.3, -0.25) is 0 Å². The second-order valence-corrected chi connectivity index (χ2v) is 10.4. The molecule has 0 aliphatic rings. The standard InChI is InChI=1S/C30H62O2/c1-2-3-4-5-6-7-8-9-12-15-18-21-24-27-30(32)28-25-22-19-16-13-10-11-14-17-20-23-26-29-31/h30-32H,2-29H2,1H3. The maximum atomic E-state index is 10.2. The van der Waals surface area contributed by atoms with Crippen LogP contribution in [-0.2, 0) is 0 Å². The molecule has 0 fully saturated rings. The molecule has 0 aliphatic heterocycles. The van der Waals surface area contributed by atoms with E-state index in [-0.39, 0.29) is 6.10 Å². The minimum absolute atomic E-state index is 0.0476. The number of rotatable bonds is 28. The molecule has 1 atom stereocenters. The first-order valence-electron chi connectivity index (χ1n) is 15.1. The fourth-order valence-corrected chi connectivity index (χ4v) is 4.80. The van der Waals surface area contributed by atoms with Gasteiger partial charge < -0.3 is 10.2 Å². The van der Waals surface area contributed by atoms with Gasteiger partial charge in [-0.25, -0.2) is 0 Å². The van der Waals surface area contributed by atoms with Gasteiger partial charge in [0.15, 0.2) is 0 Å². The molecule has 2 heteroatoms. The molecule has 0 saturated heterocycles. The summed E-state index contributed by atoms with van der Waals surface area (Å²) < 4.78 is 0. The van der Waals surface area contributed by atoms with Crippen molar-refractivity contribution in [1.29, 1.82) is 0 Å². The largest absolute Gasteiger partial charge is 0.396 e. The normalized spacial score (nSPS) is 12.5. The fourth-order valence-electron chi connectivity index (χ4n) is 4.80. The highest BCUT2D eigenvalue weighted by Crippen LogP contribution is 2.16. The smallest absolute Gasteiger partial charge is 0.0540 e. The van der Waals surface area contributed by atoms with E-state index in [4.69, 9.17) is 5.11 Å². The van der Waals surface area contributed by atoms with E-state index in [9.17, 15) is 5.11 Å². The van der Waals surface area contributed by atoms with Gasteiger partial charge in [-0.15, -0.1) is 0 Å². The molecule has 2 N–H and O–H groups in total. The third kappa shape index (κ3) is 28.0. The van der Waals surface area contributed by atoms with E-state index in [1.807, 2.05) is 0 Å². The minimum atomic E-state index is -0.0476. The van der Waals surface area contributed by atoms with E-state index in [1.165, 1.54) is 154 Å². The third-order valence-electron chi connectivity index (χ3n) is 7.09. The van der Waals surface area contributed by atoms with Gasteiger partial charge in [-0.2, -0.15) is 0 Å². The summed E-state index contributed by atoms with van der Waals surface area (Å²) in [5.41, 5.74) is 0. The Morgan fingerprint density at radius 2 is 0.625 bits per heavy atom. The van der Waals surface area contributed by atoms with Crippen LogP contribution in [0.5, 0.6) is 0 Å². The van der Waals surface area contributed by atoms with Gasteiger partial charge >= 0.3 is 0 Å². The number of aliphatic hydroxyl groups is 2. The van der Waals surface area contributed by atoms with E-state index >= 15 is 0 Å². The molecule has 0 amide bonds. The monoisotopic (exact) mass is 454 g/mol. The van der Waals surface area contributed by atoms with Crippen molar-refractivity contribution in [1.82, 2.24) is 0 Å². The Morgan fingerprint density at radius 1 is 0.375 bits per heavy atom. The summed E-state index contributed by atoms with van der Waals surface area (Å²) in [6.45, 7) is 2.65. The van der Waals surface area contributed by atoms with Crippen molar-refractivity contribution >= 4 is 0 Å². The summed E-state index contributed by atoms with van der Waals surface area (Å²) in [5.74, 6) is 0. The molecule has 0 spiro atoms. The molecular formula is C30H62O2. The number of unbranched alkanes of at least 4 members (excludes halogenated alkanes) is 23. The Labute approximate surface area is 203 Å². The molecule has 0 radical (unpaired) electrons. The number of hydrogen-bond acceptors (Lipinski definition) is 2. The van der Waals surface area contributed by atoms with Crippen molar-refractivity contribution in [2.75, 3.05) is 6.61 Å². The maximum Gasteiger partial charge on any atom is 0.0540 e. The van der Waals surface area contributed by atoms with Crippen molar-refractivity contribution in [3.8, 4) is 0 Å². The summed E-state index contributed by atoms with van der Waals surface area (Å²) >= 11 is 0. The second-order valence-electron chi connectivity index (χ2n) is 10.4. The van der Waals surface area contributed by atoms with E-state index in [0.717, 1.165) is 19.3 Å². The lowest BCUT2D eigenvalue weighted by atomic mass is 10.0. The lowest BCUT2D eigenvalue weighted by Gasteiger charge is -2.10. The predicted molar refractivity (Wildman–Crippen MR) is 143 cm³/mol. The molecule has 1 unspecified atom stereocenters. The van der Waals surface area contributed by atoms with Gasteiger partial charge in [0.2, 0.25) is 0 Å². The minimum Gasteiger partial charge on any atom is -0.396 e. The zero-order valence-corrected chi connectivity index (χ0v) is 22.3. The summed E-state index contributed by atoms with van der Waals surface area (Å²) in [6.07, 6.45) is 35.7. The highest BCUT2D eigenvalue weighted by molar-refractivity contribution is 4.58. The lowest BCUT2D eigenvalue weighted by Crippen LogP contribution is -2.05. The first-order valence-corrected chi connectivity index (χ1v) is 15.1. The van der Waals surface area contributed by atoms with Crippen LogP contribution in [0.4, 0.5) is 0 Å². The van der Waals surface area contributed by atoms with E-state index in [1.54, 1.807) is 0 Å². The summed E-state index contributed by atoms with van der Waals surface area (Å²) in [7, 11) is 0. The van der Waals surface area contributed by atoms with Crippen LogP contribution in [0.1, 0.15) is 180 Å². The van der Waals surface area contributed by atoms with E-state index in [2.05, 4.69) is 6.92 Å². The van der Waals surface area contributed by atoms with E-state index in [0.29, 0.717) is 6.61 Å². The summed E-state index contributed by atoms with van der Waals surface area (Å²) in [4.78, 5) is 0. The first kappa shape index (κ1) is 31.9. The SMILES string of the molecule is CCCCCCCCCCCCCCCC(O)CCCCCCCCCCCCCCO. The number of aliphatic hydroxyl groups excluding tert-OH is 2. The molecule has 0 heterocycles. The third-order valence-corrected chi connectivity index (χ3v) is 7.09. The predicted octanol–water partition coefficient (Wildman–Crippen LogP) is 9.89. The van der Waals surface area contributed by atoms with Crippen molar-refractivity contribution in [3.05, 3.63) is 0 Å². The summed E-state index contributed by atoms with van der Waals surface area (Å²) in [5, 5.41) is 18.9. The van der Waals surface area contributed by atoms with Crippen LogP contribution in [0.3, 0.4) is 0 Å². The van der Waals surface area contributed by atoms with Crippen molar-refractivity contribution in [2.45, 2.75) is 186 Å². The Hall–Kier alpha value is -0.0800. The molecule has 0 aromatic carbocycles. The van der Waals surface area contributed by atoms with Crippen LogP contribution in [0.25, 0.3) is 0 Å². The van der Waals surface area contributed by atoms with Crippen LogP contribution in [-0.4, -0.2) is 22.9 Å².